The fraction of sp³-hybridized carbons (Fsp3) is 0.304. The van der Waals surface area contributed by atoms with Gasteiger partial charge < -0.3 is 33.2 Å². The van der Waals surface area contributed by atoms with Gasteiger partial charge in [-0.25, -0.2) is 4.79 Å². The van der Waals surface area contributed by atoms with Crippen molar-refractivity contribution in [2.24, 2.45) is 22.2 Å². The molecule has 2 aromatic carbocycles. The number of nitrogens with one attached hydrogen (secondary N) is 3. The molecular formula is C23H29Cl2N7O3. The van der Waals surface area contributed by atoms with E-state index in [9.17, 15) is 14.4 Å². The third kappa shape index (κ3) is 10.5. The van der Waals surface area contributed by atoms with Crippen LogP contribution in [0.3, 0.4) is 0 Å². The number of guanidine groups is 1. The van der Waals surface area contributed by atoms with Crippen LogP contribution in [0, 0.1) is 0 Å². The highest BCUT2D eigenvalue weighted by Gasteiger charge is 2.20. The van der Waals surface area contributed by atoms with E-state index in [0.29, 0.717) is 41.5 Å². The van der Waals surface area contributed by atoms with Crippen molar-refractivity contribution in [2.45, 2.75) is 38.4 Å². The molecule has 4 amide bonds. The predicted molar refractivity (Wildman–Crippen MR) is 137 cm³/mol. The van der Waals surface area contributed by atoms with Gasteiger partial charge >= 0.3 is 6.03 Å². The van der Waals surface area contributed by atoms with Crippen molar-refractivity contribution < 1.29 is 14.4 Å². The Morgan fingerprint density at radius 2 is 1.46 bits per heavy atom. The van der Waals surface area contributed by atoms with Crippen LogP contribution in [-0.2, 0) is 29.1 Å². The number of nitrogens with two attached hydrogens (primary N) is 3. The van der Waals surface area contributed by atoms with E-state index in [1.807, 2.05) is 24.3 Å². The van der Waals surface area contributed by atoms with Crippen LogP contribution in [0.15, 0.2) is 47.5 Å². The molecule has 9 N–H and O–H groups in total. The summed E-state index contributed by atoms with van der Waals surface area (Å²) in [7, 11) is 0. The summed E-state index contributed by atoms with van der Waals surface area (Å²) in [5.74, 6) is -0.711. The number of primary amides is 1. The molecule has 0 spiro atoms. The molecule has 10 nitrogen and oxygen atoms in total. The first kappa shape index (κ1) is 27.7. The van der Waals surface area contributed by atoms with E-state index >= 15 is 0 Å². The molecule has 12 heteroatoms. The predicted octanol–water partition coefficient (Wildman–Crippen LogP) is 1.56. The molecular weight excluding hydrogens is 493 g/mol. The molecule has 0 unspecified atom stereocenters. The van der Waals surface area contributed by atoms with Crippen molar-refractivity contribution in [1.82, 2.24) is 16.0 Å². The van der Waals surface area contributed by atoms with Crippen LogP contribution in [0.2, 0.25) is 10.0 Å². The Hall–Kier alpha value is -3.50. The average Bonchev–Trinajstić information content (AvgIpc) is 2.81. The molecule has 2 aromatic rings. The summed E-state index contributed by atoms with van der Waals surface area (Å²) < 4.78 is 0. The number of carbonyl (C=O) groups excluding carboxylic acids is 3. The van der Waals surface area contributed by atoms with Gasteiger partial charge in [-0.2, -0.15) is 0 Å². The van der Waals surface area contributed by atoms with Gasteiger partial charge in [-0.15, -0.1) is 0 Å². The van der Waals surface area contributed by atoms with E-state index in [4.69, 9.17) is 40.4 Å². The first-order valence-electron chi connectivity index (χ1n) is 10.8. The number of halogens is 2. The molecule has 0 aliphatic heterocycles. The summed E-state index contributed by atoms with van der Waals surface area (Å²) in [4.78, 5) is 40.2. The Labute approximate surface area is 213 Å². The molecule has 1 atom stereocenters. The lowest BCUT2D eigenvalue weighted by Gasteiger charge is -2.18. The molecule has 35 heavy (non-hydrogen) atoms. The van der Waals surface area contributed by atoms with E-state index < -0.39 is 12.1 Å². The van der Waals surface area contributed by atoms with Gasteiger partial charge in [0.2, 0.25) is 11.8 Å². The van der Waals surface area contributed by atoms with Gasteiger partial charge in [0, 0.05) is 19.6 Å². The number of hydrogen-bond acceptors (Lipinski definition) is 4. The van der Waals surface area contributed by atoms with Crippen LogP contribution in [0.1, 0.15) is 29.5 Å². The summed E-state index contributed by atoms with van der Waals surface area (Å²) in [5, 5.41) is 8.86. The molecule has 0 bridgehead atoms. The van der Waals surface area contributed by atoms with Crippen molar-refractivity contribution in [3.05, 3.63) is 69.2 Å². The molecule has 0 heterocycles. The van der Waals surface area contributed by atoms with E-state index in [-0.39, 0.29) is 30.7 Å². The summed E-state index contributed by atoms with van der Waals surface area (Å²) >= 11 is 11.9. The lowest BCUT2D eigenvalue weighted by molar-refractivity contribution is -0.129. The van der Waals surface area contributed by atoms with E-state index in [1.54, 1.807) is 18.2 Å². The monoisotopic (exact) mass is 521 g/mol. The highest BCUT2D eigenvalue weighted by Crippen LogP contribution is 2.22. The number of rotatable bonds is 12. The maximum Gasteiger partial charge on any atom is 0.312 e. The van der Waals surface area contributed by atoms with Crippen LogP contribution < -0.4 is 33.2 Å². The number of nitrogens with zero attached hydrogens (tertiary/aromatic N) is 1. The van der Waals surface area contributed by atoms with Crippen molar-refractivity contribution in [3.8, 4) is 0 Å². The van der Waals surface area contributed by atoms with E-state index in [0.717, 1.165) is 11.1 Å². The van der Waals surface area contributed by atoms with Crippen LogP contribution >= 0.6 is 23.2 Å². The maximum absolute atomic E-state index is 12.9. The van der Waals surface area contributed by atoms with Crippen molar-refractivity contribution in [3.63, 3.8) is 0 Å². The molecule has 0 fully saturated rings. The standard InChI is InChI=1S/C23H29Cl2N7O3/c24-17-8-7-16(10-18(17)25)11-20(33)32-19(2-1-9-29-22(26)27)21(34)30-12-14-3-5-15(6-4-14)13-31-23(28)35/h3-8,10,19H,1-2,9,11-13H2,(H,30,34)(H,32,33)(H4,26,27,29)(H3,28,31,35)/t19-/m1/s1. The minimum Gasteiger partial charge on any atom is -0.370 e. The second kappa shape index (κ2) is 14.0. The molecule has 0 saturated carbocycles. The van der Waals surface area contributed by atoms with Crippen molar-refractivity contribution >= 4 is 47.0 Å². The highest BCUT2D eigenvalue weighted by atomic mass is 35.5. The summed E-state index contributed by atoms with van der Waals surface area (Å²) in [6.07, 6.45) is 0.868. The van der Waals surface area contributed by atoms with Crippen LogP contribution in [-0.4, -0.2) is 36.4 Å². The van der Waals surface area contributed by atoms with E-state index in [1.165, 1.54) is 0 Å². The second-order valence-electron chi connectivity index (χ2n) is 7.75. The Kier molecular flexibility index (Phi) is 11.1. The number of amides is 4. The van der Waals surface area contributed by atoms with E-state index in [2.05, 4.69) is 20.9 Å². The van der Waals surface area contributed by atoms with Gasteiger partial charge in [0.25, 0.3) is 0 Å². The number of urea groups is 1. The minimum absolute atomic E-state index is 0.0371. The normalized spacial score (nSPS) is 11.3. The molecule has 0 aliphatic carbocycles. The third-order valence-corrected chi connectivity index (χ3v) is 5.64. The molecule has 0 aliphatic rings. The number of hydrogen-bond donors (Lipinski definition) is 6. The molecule has 0 aromatic heterocycles. The first-order chi connectivity index (χ1) is 16.6. The maximum atomic E-state index is 12.9. The first-order valence-corrected chi connectivity index (χ1v) is 11.6. The summed E-state index contributed by atoms with van der Waals surface area (Å²) in [5.41, 5.74) is 18.1. The summed E-state index contributed by atoms with van der Waals surface area (Å²) in [6, 6.07) is 10.8. The molecule has 188 valence electrons. The van der Waals surface area contributed by atoms with Gasteiger partial charge in [-0.1, -0.05) is 53.5 Å². The molecule has 0 saturated heterocycles. The lowest BCUT2D eigenvalue weighted by atomic mass is 10.1. The van der Waals surface area contributed by atoms with Crippen LogP contribution in [0.4, 0.5) is 4.79 Å². The molecule has 2 rings (SSSR count). The Morgan fingerprint density at radius 3 is 2.03 bits per heavy atom. The average molecular weight is 522 g/mol. The Bertz CT molecular complexity index is 1060. The Balaban J connectivity index is 1.97. The molecule has 0 radical (unpaired) electrons. The fourth-order valence-electron chi connectivity index (χ4n) is 3.13. The van der Waals surface area contributed by atoms with Crippen molar-refractivity contribution in [2.75, 3.05) is 6.54 Å². The largest absolute Gasteiger partial charge is 0.370 e. The zero-order valence-corrected chi connectivity index (χ0v) is 20.5. The van der Waals surface area contributed by atoms with Crippen LogP contribution in [0.5, 0.6) is 0 Å². The zero-order valence-electron chi connectivity index (χ0n) is 19.0. The second-order valence-corrected chi connectivity index (χ2v) is 8.56. The highest BCUT2D eigenvalue weighted by molar-refractivity contribution is 6.42. The van der Waals surface area contributed by atoms with Gasteiger partial charge in [-0.3, -0.25) is 14.6 Å². The Morgan fingerprint density at radius 1 is 0.857 bits per heavy atom. The van der Waals surface area contributed by atoms with Crippen molar-refractivity contribution in [1.29, 1.82) is 0 Å². The lowest BCUT2D eigenvalue weighted by Crippen LogP contribution is -2.47. The number of carbonyl (C=O) groups is 3. The SMILES string of the molecule is NC(=O)NCc1ccc(CNC(=O)[C@@H](CCCN=C(N)N)NC(=O)Cc2ccc(Cl)c(Cl)c2)cc1. The third-order valence-electron chi connectivity index (χ3n) is 4.90. The number of benzene rings is 2. The van der Waals surface area contributed by atoms with Gasteiger partial charge in [0.1, 0.15) is 6.04 Å². The fourth-order valence-corrected chi connectivity index (χ4v) is 3.45. The van der Waals surface area contributed by atoms with Crippen LogP contribution in [0.25, 0.3) is 0 Å². The zero-order chi connectivity index (χ0) is 25.8. The quantitative estimate of drug-likeness (QED) is 0.141. The number of aliphatic imine (C=N–C) groups is 1. The smallest absolute Gasteiger partial charge is 0.312 e. The minimum atomic E-state index is -0.779. The summed E-state index contributed by atoms with van der Waals surface area (Å²) in [6.45, 7) is 0.899. The van der Waals surface area contributed by atoms with Gasteiger partial charge in [0.15, 0.2) is 5.96 Å². The van der Waals surface area contributed by atoms with Gasteiger partial charge in [0.05, 0.1) is 16.5 Å². The van der Waals surface area contributed by atoms with Gasteiger partial charge in [-0.05, 0) is 41.7 Å². The topological polar surface area (TPSA) is 178 Å².